The second-order valence-electron chi connectivity index (χ2n) is 7.01. The van der Waals surface area contributed by atoms with Crippen molar-refractivity contribution >= 4 is 28.7 Å². The van der Waals surface area contributed by atoms with Gasteiger partial charge in [-0.1, -0.05) is 29.8 Å². The topological polar surface area (TPSA) is 59.8 Å². The van der Waals surface area contributed by atoms with Crippen LogP contribution < -0.4 is 5.32 Å². The summed E-state index contributed by atoms with van der Waals surface area (Å²) in [5.74, 6) is 1.76. The Kier molecular flexibility index (Phi) is 6.16. The molecule has 3 aromatic rings. The highest BCUT2D eigenvalue weighted by Gasteiger charge is 2.14. The first-order valence-corrected chi connectivity index (χ1v) is 10.4. The van der Waals surface area contributed by atoms with E-state index in [1.165, 1.54) is 11.1 Å². The lowest BCUT2D eigenvalue weighted by atomic mass is 10.1. The average Bonchev–Trinajstić information content (AvgIpc) is 3.05. The first-order chi connectivity index (χ1) is 13.0. The lowest BCUT2D eigenvalue weighted by molar-refractivity contribution is 0.0955. The number of aromatic nitrogens is 3. The number of hydrogen-bond donors (Lipinski definition) is 1. The van der Waals surface area contributed by atoms with Crippen molar-refractivity contribution in [2.75, 3.05) is 12.3 Å². The predicted octanol–water partition coefficient (Wildman–Crippen LogP) is 4.29. The third kappa shape index (κ3) is 4.69. The number of pyridine rings is 1. The number of nitrogens with zero attached hydrogens (tertiary/aromatic N) is 3. The molecule has 142 valence electrons. The van der Waals surface area contributed by atoms with Crippen LogP contribution in [0.2, 0.25) is 0 Å². The number of amides is 1. The largest absolute Gasteiger partial charge is 0.351 e. The quantitative estimate of drug-likeness (QED) is 0.619. The minimum Gasteiger partial charge on any atom is -0.351 e. The molecule has 3 rings (SSSR count). The van der Waals surface area contributed by atoms with Crippen molar-refractivity contribution in [1.82, 2.24) is 20.1 Å². The van der Waals surface area contributed by atoms with E-state index in [0.29, 0.717) is 12.1 Å². The van der Waals surface area contributed by atoms with Gasteiger partial charge in [0.05, 0.1) is 17.5 Å². The van der Waals surface area contributed by atoms with Gasteiger partial charge in [-0.05, 0) is 39.3 Å². The number of thioether (sulfide) groups is 1. The molecule has 0 aliphatic carbocycles. The number of rotatable bonds is 7. The lowest BCUT2D eigenvalue weighted by Gasteiger charge is -2.10. The van der Waals surface area contributed by atoms with Crippen LogP contribution in [0.25, 0.3) is 11.0 Å². The summed E-state index contributed by atoms with van der Waals surface area (Å²) in [4.78, 5) is 17.1. The molecule has 0 unspecified atom stereocenters. The summed E-state index contributed by atoms with van der Waals surface area (Å²) in [6.07, 6.45) is 1.77. The van der Waals surface area contributed by atoms with Crippen LogP contribution in [0, 0.1) is 13.8 Å². The zero-order chi connectivity index (χ0) is 19.4. The summed E-state index contributed by atoms with van der Waals surface area (Å²) in [7, 11) is 0. The monoisotopic (exact) mass is 382 g/mol. The maximum Gasteiger partial charge on any atom is 0.253 e. The number of nitrogens with one attached hydrogen (secondary N) is 1. The van der Waals surface area contributed by atoms with E-state index in [9.17, 15) is 4.79 Å². The average molecular weight is 383 g/mol. The Hall–Kier alpha value is -2.34. The fraction of sp³-hybridized carbons (Fsp3) is 0.381. The molecule has 0 atom stereocenters. The molecular formula is C21H26N4OS. The fourth-order valence-corrected chi connectivity index (χ4v) is 3.70. The van der Waals surface area contributed by atoms with Crippen molar-refractivity contribution in [3.63, 3.8) is 0 Å². The Morgan fingerprint density at radius 3 is 2.67 bits per heavy atom. The molecular weight excluding hydrogens is 356 g/mol. The molecule has 2 heterocycles. The van der Waals surface area contributed by atoms with Gasteiger partial charge in [-0.15, -0.1) is 0 Å². The highest BCUT2D eigenvalue weighted by Crippen LogP contribution is 2.19. The Bertz CT molecular complexity index is 931. The van der Waals surface area contributed by atoms with Gasteiger partial charge < -0.3 is 5.32 Å². The van der Waals surface area contributed by atoms with Gasteiger partial charge in [-0.3, -0.25) is 4.79 Å². The minimum atomic E-state index is -0.0740. The van der Waals surface area contributed by atoms with Crippen LogP contribution in [0.1, 0.15) is 47.1 Å². The van der Waals surface area contributed by atoms with Crippen molar-refractivity contribution < 1.29 is 4.79 Å². The van der Waals surface area contributed by atoms with Crippen molar-refractivity contribution in [1.29, 1.82) is 0 Å². The summed E-state index contributed by atoms with van der Waals surface area (Å²) in [5, 5.41) is 8.28. The Morgan fingerprint density at radius 2 is 1.96 bits per heavy atom. The van der Waals surface area contributed by atoms with Crippen molar-refractivity contribution in [3.05, 3.63) is 58.9 Å². The molecule has 0 radical (unpaired) electrons. The summed E-state index contributed by atoms with van der Waals surface area (Å²) < 4.78 is 1.88. The molecule has 1 N–H and O–H groups in total. The van der Waals surface area contributed by atoms with Gasteiger partial charge in [0.1, 0.15) is 0 Å². The van der Waals surface area contributed by atoms with Gasteiger partial charge in [-0.25, -0.2) is 9.67 Å². The molecule has 0 saturated heterocycles. The minimum absolute atomic E-state index is 0.0740. The predicted molar refractivity (Wildman–Crippen MR) is 112 cm³/mol. The van der Waals surface area contributed by atoms with E-state index < -0.39 is 0 Å². The molecule has 0 bridgehead atoms. The molecule has 5 nitrogen and oxygen atoms in total. The van der Waals surface area contributed by atoms with Gasteiger partial charge in [-0.2, -0.15) is 16.9 Å². The molecule has 0 saturated carbocycles. The summed E-state index contributed by atoms with van der Waals surface area (Å²) in [5.41, 5.74) is 4.76. The number of hydrogen-bond acceptors (Lipinski definition) is 4. The molecule has 0 aliphatic heterocycles. The van der Waals surface area contributed by atoms with Crippen LogP contribution >= 0.6 is 11.8 Å². The second kappa shape index (κ2) is 8.57. The molecule has 1 amide bonds. The number of benzene rings is 1. The van der Waals surface area contributed by atoms with Crippen LogP contribution in [0.3, 0.4) is 0 Å². The SMILES string of the molecule is Cc1ccc(CSCCNC(=O)c2cc3cnn(C(C)C)c3nc2C)cc1. The van der Waals surface area contributed by atoms with Crippen molar-refractivity contribution in [2.24, 2.45) is 0 Å². The second-order valence-corrected chi connectivity index (χ2v) is 8.12. The van der Waals surface area contributed by atoms with Crippen molar-refractivity contribution in [2.45, 2.75) is 39.5 Å². The van der Waals surface area contributed by atoms with Crippen LogP contribution in [-0.2, 0) is 5.75 Å². The lowest BCUT2D eigenvalue weighted by Crippen LogP contribution is -2.26. The molecule has 27 heavy (non-hydrogen) atoms. The molecule has 0 aliphatic rings. The molecule has 0 fully saturated rings. The summed E-state index contributed by atoms with van der Waals surface area (Å²) in [6.45, 7) is 8.74. The van der Waals surface area contributed by atoms with E-state index in [1.54, 1.807) is 6.20 Å². The van der Waals surface area contributed by atoms with E-state index in [-0.39, 0.29) is 11.9 Å². The van der Waals surface area contributed by atoms with Gasteiger partial charge in [0, 0.05) is 29.5 Å². The van der Waals surface area contributed by atoms with Gasteiger partial charge in [0.15, 0.2) is 5.65 Å². The van der Waals surface area contributed by atoms with Crippen LogP contribution in [0.15, 0.2) is 36.5 Å². The van der Waals surface area contributed by atoms with Gasteiger partial charge in [0.25, 0.3) is 5.91 Å². The maximum atomic E-state index is 12.5. The first kappa shape index (κ1) is 19.4. The number of fused-ring (bicyclic) bond motifs is 1. The van der Waals surface area contributed by atoms with E-state index in [1.807, 2.05) is 29.4 Å². The van der Waals surface area contributed by atoms with Crippen molar-refractivity contribution in [3.8, 4) is 0 Å². The third-order valence-electron chi connectivity index (χ3n) is 4.41. The molecule has 1 aromatic carbocycles. The highest BCUT2D eigenvalue weighted by molar-refractivity contribution is 7.98. The fourth-order valence-electron chi connectivity index (χ4n) is 2.88. The zero-order valence-electron chi connectivity index (χ0n) is 16.3. The standard InChI is InChI=1S/C21H26N4OS/c1-14(2)25-20-18(12-23-25)11-19(16(4)24-20)21(26)22-9-10-27-13-17-7-5-15(3)6-8-17/h5-8,11-12,14H,9-10,13H2,1-4H3,(H,22,26). The third-order valence-corrected chi connectivity index (χ3v) is 5.44. The molecule has 6 heteroatoms. The Balaban J connectivity index is 1.54. The van der Waals surface area contributed by atoms with Gasteiger partial charge >= 0.3 is 0 Å². The first-order valence-electron chi connectivity index (χ1n) is 9.22. The number of carbonyl (C=O) groups is 1. The van der Waals surface area contributed by atoms with E-state index >= 15 is 0 Å². The number of aryl methyl sites for hydroxylation is 2. The van der Waals surface area contributed by atoms with E-state index in [2.05, 4.69) is 60.4 Å². The smallest absolute Gasteiger partial charge is 0.253 e. The van der Waals surface area contributed by atoms with E-state index in [4.69, 9.17) is 0 Å². The van der Waals surface area contributed by atoms with Crippen LogP contribution in [-0.4, -0.2) is 33.0 Å². The maximum absolute atomic E-state index is 12.5. The van der Waals surface area contributed by atoms with Crippen LogP contribution in [0.5, 0.6) is 0 Å². The Labute approximate surface area is 164 Å². The van der Waals surface area contributed by atoms with Crippen LogP contribution in [0.4, 0.5) is 0 Å². The number of carbonyl (C=O) groups excluding carboxylic acids is 1. The highest BCUT2D eigenvalue weighted by atomic mass is 32.2. The summed E-state index contributed by atoms with van der Waals surface area (Å²) in [6, 6.07) is 10.7. The van der Waals surface area contributed by atoms with Gasteiger partial charge in [0.2, 0.25) is 0 Å². The van der Waals surface area contributed by atoms with E-state index in [0.717, 1.165) is 28.2 Å². The zero-order valence-corrected chi connectivity index (χ0v) is 17.1. The Morgan fingerprint density at radius 1 is 1.22 bits per heavy atom. The summed E-state index contributed by atoms with van der Waals surface area (Å²) >= 11 is 1.82. The molecule has 2 aromatic heterocycles. The normalized spacial score (nSPS) is 11.3. The molecule has 0 spiro atoms.